The molecule has 0 unspecified atom stereocenters. The van der Waals surface area contributed by atoms with Crippen LogP contribution < -0.4 is 5.32 Å². The van der Waals surface area contributed by atoms with E-state index in [2.05, 4.69) is 20.5 Å². The Morgan fingerprint density at radius 1 is 1.32 bits per heavy atom. The summed E-state index contributed by atoms with van der Waals surface area (Å²) >= 11 is 2.27. The molecule has 3 heterocycles. The van der Waals surface area contributed by atoms with Gasteiger partial charge in [0.1, 0.15) is 5.76 Å². The molecule has 0 saturated heterocycles. The molecular formula is C15H14N4O4S2. The average molecular weight is 378 g/mol. The number of thiazole rings is 1. The summed E-state index contributed by atoms with van der Waals surface area (Å²) in [5.74, 6) is 0.764. The van der Waals surface area contributed by atoms with Gasteiger partial charge in [-0.05, 0) is 19.9 Å². The van der Waals surface area contributed by atoms with Crippen LogP contribution >= 0.6 is 23.1 Å². The van der Waals surface area contributed by atoms with Crippen LogP contribution in [0.25, 0.3) is 11.5 Å². The van der Waals surface area contributed by atoms with E-state index in [1.54, 1.807) is 26.2 Å². The van der Waals surface area contributed by atoms with Gasteiger partial charge in [-0.15, -0.1) is 10.2 Å². The highest BCUT2D eigenvalue weighted by Crippen LogP contribution is 2.27. The number of rotatable bonds is 6. The van der Waals surface area contributed by atoms with E-state index in [1.165, 1.54) is 6.92 Å². The predicted octanol–water partition coefficient (Wildman–Crippen LogP) is 3.34. The molecule has 25 heavy (non-hydrogen) atoms. The zero-order chi connectivity index (χ0) is 18.0. The van der Waals surface area contributed by atoms with Gasteiger partial charge in [-0.25, -0.2) is 4.98 Å². The molecule has 3 aromatic heterocycles. The molecule has 0 aliphatic rings. The van der Waals surface area contributed by atoms with E-state index in [9.17, 15) is 9.59 Å². The van der Waals surface area contributed by atoms with Crippen molar-refractivity contribution in [2.75, 3.05) is 11.1 Å². The van der Waals surface area contributed by atoms with Crippen LogP contribution in [-0.2, 0) is 4.79 Å². The maximum absolute atomic E-state index is 12.0. The molecule has 8 nitrogen and oxygen atoms in total. The molecule has 1 N–H and O–H groups in total. The molecule has 0 aliphatic carbocycles. The monoisotopic (exact) mass is 378 g/mol. The Hall–Kier alpha value is -2.46. The lowest BCUT2D eigenvalue weighted by molar-refractivity contribution is -0.113. The van der Waals surface area contributed by atoms with Gasteiger partial charge < -0.3 is 14.2 Å². The van der Waals surface area contributed by atoms with Crippen LogP contribution in [0.1, 0.15) is 28.0 Å². The van der Waals surface area contributed by atoms with Crippen LogP contribution in [0.3, 0.4) is 0 Å². The Kier molecular flexibility index (Phi) is 5.00. The van der Waals surface area contributed by atoms with Crippen molar-refractivity contribution in [2.45, 2.75) is 26.0 Å². The van der Waals surface area contributed by atoms with Gasteiger partial charge in [0.2, 0.25) is 5.91 Å². The summed E-state index contributed by atoms with van der Waals surface area (Å²) in [6.07, 6.45) is 1.54. The fourth-order valence-corrected chi connectivity index (χ4v) is 3.48. The van der Waals surface area contributed by atoms with Gasteiger partial charge in [0, 0.05) is 6.92 Å². The maximum atomic E-state index is 12.0. The first kappa shape index (κ1) is 17.4. The number of hydrogen-bond acceptors (Lipinski definition) is 9. The summed E-state index contributed by atoms with van der Waals surface area (Å²) in [6.45, 7) is 5.00. The number of ketones is 1. The second-order valence-corrected chi connectivity index (χ2v) is 7.02. The molecule has 130 valence electrons. The molecule has 1 amide bonds. The number of carbonyl (C=O) groups is 2. The highest BCUT2D eigenvalue weighted by Gasteiger charge is 2.16. The number of carbonyl (C=O) groups excluding carboxylic acids is 2. The van der Waals surface area contributed by atoms with Gasteiger partial charge in [0.15, 0.2) is 10.9 Å². The first-order chi connectivity index (χ1) is 11.9. The minimum absolute atomic E-state index is 0.0715. The molecule has 0 aromatic carbocycles. The molecule has 3 aromatic rings. The van der Waals surface area contributed by atoms with Crippen LogP contribution in [-0.4, -0.2) is 32.6 Å². The van der Waals surface area contributed by atoms with Crippen LogP contribution in [0, 0.1) is 13.8 Å². The third kappa shape index (κ3) is 3.97. The maximum Gasteiger partial charge on any atom is 0.277 e. The summed E-state index contributed by atoms with van der Waals surface area (Å²) < 4.78 is 10.7. The second kappa shape index (κ2) is 7.19. The largest absolute Gasteiger partial charge is 0.469 e. The topological polar surface area (TPSA) is 111 Å². The fraction of sp³-hybridized carbons (Fsp3) is 0.267. The van der Waals surface area contributed by atoms with Crippen LogP contribution in [0.4, 0.5) is 5.13 Å². The number of aromatic nitrogens is 3. The van der Waals surface area contributed by atoms with Gasteiger partial charge in [0.25, 0.3) is 11.1 Å². The third-order valence-electron chi connectivity index (χ3n) is 3.19. The number of anilines is 1. The summed E-state index contributed by atoms with van der Waals surface area (Å²) in [4.78, 5) is 28.1. The highest BCUT2D eigenvalue weighted by molar-refractivity contribution is 7.99. The molecule has 0 radical (unpaired) electrons. The van der Waals surface area contributed by atoms with Gasteiger partial charge in [0.05, 0.1) is 28.2 Å². The Balaban J connectivity index is 1.58. The van der Waals surface area contributed by atoms with E-state index in [-0.39, 0.29) is 22.7 Å². The zero-order valence-corrected chi connectivity index (χ0v) is 15.3. The number of furan rings is 1. The van der Waals surface area contributed by atoms with E-state index < -0.39 is 0 Å². The highest BCUT2D eigenvalue weighted by atomic mass is 32.2. The lowest BCUT2D eigenvalue weighted by Crippen LogP contribution is -2.13. The number of nitrogens with zero attached hydrogens (tertiary/aromatic N) is 3. The third-order valence-corrected chi connectivity index (χ3v) is 5.18. The Morgan fingerprint density at radius 3 is 2.76 bits per heavy atom. The number of thioether (sulfide) groups is 1. The van der Waals surface area contributed by atoms with Gasteiger partial charge >= 0.3 is 0 Å². The van der Waals surface area contributed by atoms with E-state index in [4.69, 9.17) is 8.83 Å². The molecule has 0 aliphatic heterocycles. The molecule has 0 spiro atoms. The molecule has 0 fully saturated rings. The van der Waals surface area contributed by atoms with Crippen LogP contribution in [0.5, 0.6) is 0 Å². The second-order valence-electron chi connectivity index (χ2n) is 5.09. The minimum Gasteiger partial charge on any atom is -0.469 e. The zero-order valence-electron chi connectivity index (χ0n) is 13.7. The summed E-state index contributed by atoms with van der Waals surface area (Å²) in [5.41, 5.74) is 1.33. The van der Waals surface area contributed by atoms with Crippen molar-refractivity contribution in [3.8, 4) is 11.5 Å². The molecule has 0 bridgehead atoms. The molecule has 3 rings (SSSR count). The molecule has 0 saturated carbocycles. The summed E-state index contributed by atoms with van der Waals surface area (Å²) in [5, 5.41) is 11.2. The number of aryl methyl sites for hydroxylation is 2. The summed E-state index contributed by atoms with van der Waals surface area (Å²) in [7, 11) is 0. The van der Waals surface area contributed by atoms with Crippen molar-refractivity contribution in [3.05, 3.63) is 28.7 Å². The predicted molar refractivity (Wildman–Crippen MR) is 92.9 cm³/mol. The first-order valence-corrected chi connectivity index (χ1v) is 9.03. The number of amides is 1. The average Bonchev–Trinajstić information content (AvgIpc) is 3.25. The SMILES string of the molecule is CC(=O)c1sc(NC(=O)CSc2nnc(-c3ccoc3C)o2)nc1C. The van der Waals surface area contributed by atoms with Crippen molar-refractivity contribution in [1.82, 2.24) is 15.2 Å². The van der Waals surface area contributed by atoms with E-state index in [0.717, 1.165) is 28.7 Å². The number of hydrogen-bond donors (Lipinski definition) is 1. The molecule has 10 heteroatoms. The Labute approximate surface area is 151 Å². The van der Waals surface area contributed by atoms with E-state index in [0.29, 0.717) is 27.4 Å². The van der Waals surface area contributed by atoms with E-state index in [1.807, 2.05) is 0 Å². The van der Waals surface area contributed by atoms with Gasteiger partial charge in [-0.1, -0.05) is 23.1 Å². The van der Waals surface area contributed by atoms with E-state index >= 15 is 0 Å². The number of nitrogens with one attached hydrogen (secondary N) is 1. The van der Waals surface area contributed by atoms with Crippen molar-refractivity contribution in [3.63, 3.8) is 0 Å². The molecule has 0 atom stereocenters. The van der Waals surface area contributed by atoms with Gasteiger partial charge in [-0.3, -0.25) is 9.59 Å². The molecular weight excluding hydrogens is 364 g/mol. The normalized spacial score (nSPS) is 10.8. The van der Waals surface area contributed by atoms with Crippen molar-refractivity contribution in [1.29, 1.82) is 0 Å². The van der Waals surface area contributed by atoms with Gasteiger partial charge in [-0.2, -0.15) is 0 Å². The van der Waals surface area contributed by atoms with Crippen molar-refractivity contribution in [2.24, 2.45) is 0 Å². The first-order valence-electron chi connectivity index (χ1n) is 7.23. The standard InChI is InChI=1S/C15H14N4O4S2/c1-7-12(8(2)20)25-14(16-7)17-11(21)6-24-15-19-18-13(23-15)10-4-5-22-9(10)3/h4-5H,6H2,1-3H3,(H,16,17,21). The van der Waals surface area contributed by atoms with Crippen molar-refractivity contribution < 1.29 is 18.4 Å². The minimum atomic E-state index is -0.270. The lowest BCUT2D eigenvalue weighted by atomic mass is 10.3. The lowest BCUT2D eigenvalue weighted by Gasteiger charge is -1.98. The fourth-order valence-electron chi connectivity index (χ4n) is 2.04. The quantitative estimate of drug-likeness (QED) is 0.513. The van der Waals surface area contributed by atoms with Crippen LogP contribution in [0.2, 0.25) is 0 Å². The number of Topliss-reactive ketones (excluding diaryl/α,β-unsaturated/α-hetero) is 1. The Morgan fingerprint density at radius 2 is 2.12 bits per heavy atom. The smallest absolute Gasteiger partial charge is 0.277 e. The Bertz CT molecular complexity index is 928. The van der Waals surface area contributed by atoms with Crippen molar-refractivity contribution >= 4 is 39.9 Å². The van der Waals surface area contributed by atoms with Crippen LogP contribution in [0.15, 0.2) is 26.4 Å². The summed E-state index contributed by atoms with van der Waals surface area (Å²) in [6, 6.07) is 1.74.